The Morgan fingerprint density at radius 3 is 2.11 bits per heavy atom. The van der Waals surface area contributed by atoms with Crippen LogP contribution in [0.2, 0.25) is 0 Å². The summed E-state index contributed by atoms with van der Waals surface area (Å²) < 4.78 is 25.9. The van der Waals surface area contributed by atoms with Gasteiger partial charge in [-0.1, -0.05) is 23.8 Å². The van der Waals surface area contributed by atoms with Crippen molar-refractivity contribution in [1.29, 1.82) is 0 Å². The number of nitrogens with two attached hydrogens (primary N) is 1. The van der Waals surface area contributed by atoms with E-state index >= 15 is 0 Å². The second-order valence-corrected chi connectivity index (χ2v) is 5.06. The van der Waals surface area contributed by atoms with Gasteiger partial charge in [-0.3, -0.25) is 4.55 Å². The van der Waals surface area contributed by atoms with Crippen LogP contribution in [0.4, 0.5) is 5.69 Å². The molecule has 2 aromatic carbocycles. The van der Waals surface area contributed by atoms with E-state index in [1.165, 1.54) is 0 Å². The first-order chi connectivity index (χ1) is 8.38. The number of rotatable bonds is 1. The van der Waals surface area contributed by atoms with Crippen molar-refractivity contribution in [3.05, 3.63) is 54.6 Å². The molecule has 0 aromatic heterocycles. The van der Waals surface area contributed by atoms with Crippen LogP contribution in [0.5, 0.6) is 0 Å². The summed E-state index contributed by atoms with van der Waals surface area (Å²) in [5.41, 5.74) is 8.72. The fraction of sp³-hybridized carbons (Fsp3) is 0.0769. The number of benzene rings is 2. The van der Waals surface area contributed by atoms with Gasteiger partial charge in [0.2, 0.25) is 0 Å². The zero-order chi connectivity index (χ0) is 13.6. The van der Waals surface area contributed by atoms with Crippen LogP contribution in [0.1, 0.15) is 0 Å². The predicted octanol–water partition coefficient (Wildman–Crippen LogP) is 2.24. The minimum atomic E-state index is -3.67. The normalized spacial score (nSPS) is 9.79. The van der Waals surface area contributed by atoms with Crippen LogP contribution in [0, 0.1) is 6.07 Å². The molecule has 106 valence electrons. The molecule has 0 aliphatic rings. The summed E-state index contributed by atoms with van der Waals surface area (Å²) in [6, 6.07) is 18.8. The summed E-state index contributed by atoms with van der Waals surface area (Å²) >= 11 is 0. The maximum absolute atomic E-state index is 9.19. The van der Waals surface area contributed by atoms with Gasteiger partial charge in [0.05, 0.1) is 6.26 Å². The molecule has 2 rings (SSSR count). The third kappa shape index (κ3) is 7.75. The Labute approximate surface area is 127 Å². The maximum atomic E-state index is 9.19. The molecule has 0 spiro atoms. The Balaban J connectivity index is 0.000000471. The van der Waals surface area contributed by atoms with Crippen molar-refractivity contribution in [3.63, 3.8) is 0 Å². The van der Waals surface area contributed by atoms with Crippen LogP contribution in [0.3, 0.4) is 0 Å². The van der Waals surface area contributed by atoms with E-state index in [4.69, 9.17) is 10.3 Å². The van der Waals surface area contributed by atoms with Crippen molar-refractivity contribution in [3.8, 4) is 11.1 Å². The van der Waals surface area contributed by atoms with Crippen molar-refractivity contribution >= 4 is 15.8 Å². The molecule has 0 saturated carbocycles. The first-order valence-corrected chi connectivity index (χ1v) is 6.97. The average Bonchev–Trinajstić information content (AvgIpc) is 2.29. The summed E-state index contributed by atoms with van der Waals surface area (Å²) in [5, 5.41) is 0. The molecule has 0 saturated heterocycles. The Morgan fingerprint density at radius 1 is 1.11 bits per heavy atom. The van der Waals surface area contributed by atoms with E-state index in [2.05, 4.69) is 6.07 Å². The van der Waals surface area contributed by atoms with Gasteiger partial charge in [0.1, 0.15) is 0 Å². The van der Waals surface area contributed by atoms with Crippen molar-refractivity contribution in [2.75, 3.05) is 12.0 Å². The minimum absolute atomic E-state index is 0. The smallest absolute Gasteiger partial charge is 0.261 e. The fourth-order valence-electron chi connectivity index (χ4n) is 1.30. The van der Waals surface area contributed by atoms with Gasteiger partial charge in [0.25, 0.3) is 10.1 Å². The summed E-state index contributed by atoms with van der Waals surface area (Å²) in [6.07, 6.45) is 0.715. The van der Waals surface area contributed by atoms with E-state index in [1.807, 2.05) is 48.5 Å². The van der Waals surface area contributed by atoms with Crippen LogP contribution in [-0.4, -0.2) is 19.2 Å². The molecule has 3 N–H and O–H groups in total. The van der Waals surface area contributed by atoms with Gasteiger partial charge in [0, 0.05) is 20.4 Å². The maximum Gasteiger partial charge on any atom is 0.261 e. The number of anilines is 1. The summed E-state index contributed by atoms with van der Waals surface area (Å²) in [6.45, 7) is 0. The molecule has 6 heteroatoms. The standard InChI is InChI=1S/C12H10N.CH4O3S.Pd/c13-12-9-5-4-8-11(12)10-6-2-1-3-7-10;1-5(2,3)4;/h1-6,8-9H,13H2;1H3,(H,2,3,4);/q-1;;. The molecule has 0 fully saturated rings. The van der Waals surface area contributed by atoms with Crippen LogP contribution < -0.4 is 5.73 Å². The summed E-state index contributed by atoms with van der Waals surface area (Å²) in [5.74, 6) is 0. The molecule has 19 heavy (non-hydrogen) atoms. The van der Waals surface area contributed by atoms with E-state index in [9.17, 15) is 8.42 Å². The molecule has 2 aromatic rings. The average molecular weight is 371 g/mol. The molecule has 0 unspecified atom stereocenters. The quantitative estimate of drug-likeness (QED) is 0.349. The number of hydrogen-bond acceptors (Lipinski definition) is 3. The largest absolute Gasteiger partial charge is 0.406 e. The zero-order valence-corrected chi connectivity index (χ0v) is 12.6. The third-order valence-electron chi connectivity index (χ3n) is 1.96. The van der Waals surface area contributed by atoms with Crippen LogP contribution in [-0.2, 0) is 30.5 Å². The predicted molar refractivity (Wildman–Crippen MR) is 72.6 cm³/mol. The minimum Gasteiger partial charge on any atom is -0.406 e. The SMILES string of the molecule is CS(=O)(=O)O.Nc1ccccc1-c1[c-]cccc1.[Pd]. The van der Waals surface area contributed by atoms with E-state index in [1.54, 1.807) is 0 Å². The van der Waals surface area contributed by atoms with Gasteiger partial charge >= 0.3 is 0 Å². The van der Waals surface area contributed by atoms with E-state index in [-0.39, 0.29) is 20.4 Å². The van der Waals surface area contributed by atoms with Crippen molar-refractivity contribution in [1.82, 2.24) is 0 Å². The second-order valence-electron chi connectivity index (χ2n) is 3.60. The monoisotopic (exact) mass is 370 g/mol. The van der Waals surface area contributed by atoms with Gasteiger partial charge in [-0.25, -0.2) is 0 Å². The molecule has 4 nitrogen and oxygen atoms in total. The zero-order valence-electron chi connectivity index (χ0n) is 10.2. The van der Waals surface area contributed by atoms with Gasteiger partial charge in [-0.2, -0.15) is 8.42 Å². The van der Waals surface area contributed by atoms with Gasteiger partial charge in [-0.15, -0.1) is 35.9 Å². The van der Waals surface area contributed by atoms with Gasteiger partial charge in [-0.05, 0) is 11.8 Å². The van der Waals surface area contributed by atoms with Gasteiger partial charge in [0.15, 0.2) is 0 Å². The molecule has 0 heterocycles. The fourth-order valence-corrected chi connectivity index (χ4v) is 1.30. The van der Waals surface area contributed by atoms with E-state index in [0.717, 1.165) is 16.8 Å². The summed E-state index contributed by atoms with van der Waals surface area (Å²) in [7, 11) is -3.67. The topological polar surface area (TPSA) is 80.4 Å². The van der Waals surface area contributed by atoms with Crippen molar-refractivity contribution < 1.29 is 33.4 Å². The molecule has 0 amide bonds. The molecule has 0 radical (unpaired) electrons. The van der Waals surface area contributed by atoms with Crippen LogP contribution in [0.15, 0.2) is 48.5 Å². The Kier molecular flexibility index (Phi) is 7.57. The molecular weight excluding hydrogens is 357 g/mol. The second kappa shape index (κ2) is 8.08. The Hall–Kier alpha value is -1.19. The number of hydrogen-bond donors (Lipinski definition) is 2. The van der Waals surface area contributed by atoms with Gasteiger partial charge < -0.3 is 5.73 Å². The molecule has 0 atom stereocenters. The molecule has 0 aliphatic heterocycles. The van der Waals surface area contributed by atoms with Crippen molar-refractivity contribution in [2.24, 2.45) is 0 Å². The van der Waals surface area contributed by atoms with Crippen LogP contribution in [0.25, 0.3) is 11.1 Å². The molecule has 0 bridgehead atoms. The number of nitrogen functional groups attached to an aromatic ring is 1. The van der Waals surface area contributed by atoms with Crippen LogP contribution >= 0.6 is 0 Å². The summed E-state index contributed by atoms with van der Waals surface area (Å²) in [4.78, 5) is 0. The first-order valence-electron chi connectivity index (χ1n) is 5.12. The number of para-hydroxylation sites is 1. The van der Waals surface area contributed by atoms with Crippen molar-refractivity contribution in [2.45, 2.75) is 0 Å². The first kappa shape index (κ1) is 17.8. The third-order valence-corrected chi connectivity index (χ3v) is 1.96. The van der Waals surface area contributed by atoms with E-state index < -0.39 is 10.1 Å². The molecule has 0 aliphatic carbocycles. The Bertz CT molecular complexity index is 592. The Morgan fingerprint density at radius 2 is 1.63 bits per heavy atom. The molecular formula is C13H14NO3PdS-. The van der Waals surface area contributed by atoms with E-state index in [0.29, 0.717) is 6.26 Å².